The van der Waals surface area contributed by atoms with Gasteiger partial charge in [0, 0.05) is 37.3 Å². The van der Waals surface area contributed by atoms with Crippen molar-refractivity contribution in [2.75, 3.05) is 38.3 Å². The Labute approximate surface area is 114 Å². The standard InChI is InChI=1S/C16H20N2O/c1-18(11-14-12-19-10-9-17-14)16-8-4-6-13-5-2-3-7-15(13)16/h2-8,14,17H,9-12H2,1H3. The highest BCUT2D eigenvalue weighted by atomic mass is 16.5. The van der Waals surface area contributed by atoms with Crippen molar-refractivity contribution in [3.63, 3.8) is 0 Å². The van der Waals surface area contributed by atoms with Gasteiger partial charge in [-0.3, -0.25) is 0 Å². The molecule has 2 aromatic rings. The molecule has 0 saturated carbocycles. The van der Waals surface area contributed by atoms with E-state index in [0.29, 0.717) is 6.04 Å². The minimum atomic E-state index is 0.415. The summed E-state index contributed by atoms with van der Waals surface area (Å²) in [5.41, 5.74) is 1.28. The van der Waals surface area contributed by atoms with E-state index in [2.05, 4.69) is 59.7 Å². The molecule has 1 unspecified atom stereocenters. The highest BCUT2D eigenvalue weighted by Gasteiger charge is 2.16. The molecule has 0 amide bonds. The first kappa shape index (κ1) is 12.5. The number of anilines is 1. The molecule has 1 fully saturated rings. The highest BCUT2D eigenvalue weighted by Crippen LogP contribution is 2.25. The third-order valence-electron chi connectivity index (χ3n) is 3.67. The molecule has 0 aromatic heterocycles. The molecule has 0 bridgehead atoms. The van der Waals surface area contributed by atoms with Crippen LogP contribution in [0.5, 0.6) is 0 Å². The first-order chi connectivity index (χ1) is 9.34. The lowest BCUT2D eigenvalue weighted by atomic mass is 10.1. The number of fused-ring (bicyclic) bond motifs is 1. The van der Waals surface area contributed by atoms with Crippen LogP contribution in [0.15, 0.2) is 42.5 Å². The SMILES string of the molecule is CN(CC1COCCN1)c1cccc2ccccc12. The number of morpholine rings is 1. The van der Waals surface area contributed by atoms with Gasteiger partial charge in [-0.25, -0.2) is 0 Å². The summed E-state index contributed by atoms with van der Waals surface area (Å²) in [6.45, 7) is 3.55. The number of hydrogen-bond acceptors (Lipinski definition) is 3. The number of nitrogens with one attached hydrogen (secondary N) is 1. The summed E-state index contributed by atoms with van der Waals surface area (Å²) in [6, 6.07) is 15.4. The molecular weight excluding hydrogens is 236 g/mol. The Morgan fingerprint density at radius 1 is 1.21 bits per heavy atom. The van der Waals surface area contributed by atoms with Crippen molar-refractivity contribution in [1.82, 2.24) is 5.32 Å². The van der Waals surface area contributed by atoms with Crippen LogP contribution in [0.3, 0.4) is 0 Å². The van der Waals surface area contributed by atoms with Crippen molar-refractivity contribution < 1.29 is 4.74 Å². The molecule has 1 atom stereocenters. The molecular formula is C16H20N2O. The van der Waals surface area contributed by atoms with Gasteiger partial charge in [-0.05, 0) is 11.5 Å². The van der Waals surface area contributed by atoms with Crippen LogP contribution >= 0.6 is 0 Å². The fourth-order valence-electron chi connectivity index (χ4n) is 2.71. The Bertz CT molecular complexity index is 544. The van der Waals surface area contributed by atoms with Gasteiger partial charge >= 0.3 is 0 Å². The number of benzene rings is 2. The van der Waals surface area contributed by atoms with Gasteiger partial charge in [-0.15, -0.1) is 0 Å². The van der Waals surface area contributed by atoms with E-state index in [9.17, 15) is 0 Å². The van der Waals surface area contributed by atoms with Crippen molar-refractivity contribution in [2.45, 2.75) is 6.04 Å². The van der Waals surface area contributed by atoms with Crippen LogP contribution in [-0.4, -0.2) is 39.4 Å². The molecule has 1 aliphatic rings. The quantitative estimate of drug-likeness (QED) is 0.911. The smallest absolute Gasteiger partial charge is 0.0637 e. The maximum absolute atomic E-state index is 5.52. The topological polar surface area (TPSA) is 24.5 Å². The van der Waals surface area contributed by atoms with Crippen molar-refractivity contribution in [2.24, 2.45) is 0 Å². The van der Waals surface area contributed by atoms with E-state index in [4.69, 9.17) is 4.74 Å². The molecule has 3 rings (SSSR count). The number of likely N-dealkylation sites (N-methyl/N-ethyl adjacent to an activating group) is 1. The minimum Gasteiger partial charge on any atom is -0.378 e. The second-order valence-corrected chi connectivity index (χ2v) is 5.10. The molecule has 3 heteroatoms. The Morgan fingerprint density at radius 3 is 2.89 bits per heavy atom. The Balaban J connectivity index is 1.82. The van der Waals surface area contributed by atoms with Gasteiger partial charge < -0.3 is 15.0 Å². The van der Waals surface area contributed by atoms with Gasteiger partial charge in [0.25, 0.3) is 0 Å². The lowest BCUT2D eigenvalue weighted by molar-refractivity contribution is 0.0791. The molecule has 2 aromatic carbocycles. The van der Waals surface area contributed by atoms with Gasteiger partial charge in [0.15, 0.2) is 0 Å². The second kappa shape index (κ2) is 5.59. The van der Waals surface area contributed by atoms with E-state index in [1.165, 1.54) is 16.5 Å². The molecule has 1 heterocycles. The van der Waals surface area contributed by atoms with Gasteiger partial charge in [0.05, 0.1) is 13.2 Å². The van der Waals surface area contributed by atoms with Crippen LogP contribution in [0.25, 0.3) is 10.8 Å². The molecule has 0 aliphatic carbocycles. The summed E-state index contributed by atoms with van der Waals surface area (Å²) in [6.07, 6.45) is 0. The summed E-state index contributed by atoms with van der Waals surface area (Å²) in [4.78, 5) is 2.31. The summed E-state index contributed by atoms with van der Waals surface area (Å²) >= 11 is 0. The predicted octanol–water partition coefficient (Wildman–Crippen LogP) is 2.26. The second-order valence-electron chi connectivity index (χ2n) is 5.10. The van der Waals surface area contributed by atoms with Gasteiger partial charge in [-0.2, -0.15) is 0 Å². The number of rotatable bonds is 3. The minimum absolute atomic E-state index is 0.415. The summed E-state index contributed by atoms with van der Waals surface area (Å²) in [5, 5.41) is 6.10. The molecule has 0 spiro atoms. The van der Waals surface area contributed by atoms with E-state index < -0.39 is 0 Å². The van der Waals surface area contributed by atoms with E-state index in [-0.39, 0.29) is 0 Å². The fourth-order valence-corrected chi connectivity index (χ4v) is 2.71. The monoisotopic (exact) mass is 256 g/mol. The number of hydrogen-bond donors (Lipinski definition) is 1. The lowest BCUT2D eigenvalue weighted by Gasteiger charge is -2.30. The molecule has 3 nitrogen and oxygen atoms in total. The normalized spacial score (nSPS) is 19.5. The summed E-state index contributed by atoms with van der Waals surface area (Å²) in [7, 11) is 2.15. The van der Waals surface area contributed by atoms with E-state index in [1.807, 2.05) is 0 Å². The summed E-state index contributed by atoms with van der Waals surface area (Å²) < 4.78 is 5.52. The third kappa shape index (κ3) is 2.72. The molecule has 100 valence electrons. The van der Waals surface area contributed by atoms with Crippen LogP contribution in [0.1, 0.15) is 0 Å². The van der Waals surface area contributed by atoms with Crippen molar-refractivity contribution >= 4 is 16.5 Å². The van der Waals surface area contributed by atoms with Gasteiger partial charge in [-0.1, -0.05) is 36.4 Å². The predicted molar refractivity (Wildman–Crippen MR) is 79.8 cm³/mol. The average molecular weight is 256 g/mol. The number of nitrogens with zero attached hydrogens (tertiary/aromatic N) is 1. The fraction of sp³-hybridized carbons (Fsp3) is 0.375. The Morgan fingerprint density at radius 2 is 2.05 bits per heavy atom. The lowest BCUT2D eigenvalue weighted by Crippen LogP contribution is -2.47. The zero-order valence-corrected chi connectivity index (χ0v) is 11.3. The zero-order chi connectivity index (χ0) is 13.1. The maximum atomic E-state index is 5.52. The largest absolute Gasteiger partial charge is 0.378 e. The summed E-state index contributed by atoms with van der Waals surface area (Å²) in [5.74, 6) is 0. The molecule has 0 radical (unpaired) electrons. The maximum Gasteiger partial charge on any atom is 0.0637 e. The van der Waals surface area contributed by atoms with Crippen molar-refractivity contribution in [1.29, 1.82) is 0 Å². The van der Waals surface area contributed by atoms with E-state index in [0.717, 1.165) is 26.3 Å². The molecule has 1 N–H and O–H groups in total. The van der Waals surface area contributed by atoms with Crippen molar-refractivity contribution in [3.05, 3.63) is 42.5 Å². The highest BCUT2D eigenvalue weighted by molar-refractivity contribution is 5.94. The zero-order valence-electron chi connectivity index (χ0n) is 11.3. The van der Waals surface area contributed by atoms with E-state index >= 15 is 0 Å². The van der Waals surface area contributed by atoms with Gasteiger partial charge in [0.2, 0.25) is 0 Å². The van der Waals surface area contributed by atoms with Gasteiger partial charge in [0.1, 0.15) is 0 Å². The van der Waals surface area contributed by atoms with Crippen LogP contribution in [-0.2, 0) is 4.74 Å². The average Bonchev–Trinajstić information content (AvgIpc) is 2.47. The molecule has 19 heavy (non-hydrogen) atoms. The third-order valence-corrected chi connectivity index (χ3v) is 3.67. The Hall–Kier alpha value is -1.58. The van der Waals surface area contributed by atoms with Crippen LogP contribution in [0, 0.1) is 0 Å². The first-order valence-electron chi connectivity index (χ1n) is 6.84. The molecule has 1 aliphatic heterocycles. The van der Waals surface area contributed by atoms with Crippen LogP contribution in [0.2, 0.25) is 0 Å². The van der Waals surface area contributed by atoms with Crippen molar-refractivity contribution in [3.8, 4) is 0 Å². The Kier molecular flexibility index (Phi) is 3.67. The number of ether oxygens (including phenoxy) is 1. The first-order valence-corrected chi connectivity index (χ1v) is 6.84. The van der Waals surface area contributed by atoms with E-state index in [1.54, 1.807) is 0 Å². The van der Waals surface area contributed by atoms with Crippen LogP contribution < -0.4 is 10.2 Å². The molecule has 1 saturated heterocycles. The van der Waals surface area contributed by atoms with Crippen LogP contribution in [0.4, 0.5) is 5.69 Å².